The Kier molecular flexibility index (Phi) is 4.59. The molecular formula is C10H22N4O2. The highest BCUT2D eigenvalue weighted by molar-refractivity contribution is 5.86. The van der Waals surface area contributed by atoms with Crippen LogP contribution in [0.4, 0.5) is 4.79 Å². The minimum atomic E-state index is -0.579. The van der Waals surface area contributed by atoms with Gasteiger partial charge >= 0.3 is 6.03 Å². The number of carbonyl (C=O) groups is 1. The van der Waals surface area contributed by atoms with Crippen molar-refractivity contribution < 1.29 is 10.0 Å². The number of nitrogens with two attached hydrogens (primary N) is 1. The molecule has 0 saturated carbocycles. The lowest BCUT2D eigenvalue weighted by molar-refractivity contribution is 0.228. The lowest BCUT2D eigenvalue weighted by Crippen LogP contribution is -2.50. The van der Waals surface area contributed by atoms with Gasteiger partial charge in [0.1, 0.15) is 5.84 Å². The summed E-state index contributed by atoms with van der Waals surface area (Å²) in [6, 6.07) is -0.272. The normalized spacial score (nSPS) is 13.4. The van der Waals surface area contributed by atoms with E-state index in [1.54, 1.807) is 13.8 Å². The van der Waals surface area contributed by atoms with E-state index in [0.29, 0.717) is 6.54 Å². The Hall–Kier alpha value is -1.46. The smallest absolute Gasteiger partial charge is 0.315 e. The summed E-state index contributed by atoms with van der Waals surface area (Å²) in [5.74, 6) is 0.0866. The molecule has 5 N–H and O–H groups in total. The van der Waals surface area contributed by atoms with Crippen LogP contribution in [0.2, 0.25) is 0 Å². The summed E-state index contributed by atoms with van der Waals surface area (Å²) in [5, 5.41) is 16.9. The molecule has 0 radical (unpaired) electrons. The minimum absolute atomic E-state index is 0.0866. The summed E-state index contributed by atoms with van der Waals surface area (Å²) in [7, 11) is 0. The highest BCUT2D eigenvalue weighted by atomic mass is 16.4. The number of nitrogens with one attached hydrogen (secondary N) is 2. The molecule has 0 aliphatic carbocycles. The van der Waals surface area contributed by atoms with Gasteiger partial charge in [-0.15, -0.1) is 0 Å². The van der Waals surface area contributed by atoms with Gasteiger partial charge < -0.3 is 21.6 Å². The maximum atomic E-state index is 11.5. The first-order valence-corrected chi connectivity index (χ1v) is 5.12. The summed E-state index contributed by atoms with van der Waals surface area (Å²) < 4.78 is 0. The van der Waals surface area contributed by atoms with Crippen molar-refractivity contribution in [2.45, 2.75) is 40.2 Å². The second-order valence-corrected chi connectivity index (χ2v) is 5.43. The molecule has 0 saturated heterocycles. The summed E-state index contributed by atoms with van der Waals surface area (Å²) in [5.41, 5.74) is 4.63. The van der Waals surface area contributed by atoms with Crippen LogP contribution < -0.4 is 16.4 Å². The summed E-state index contributed by atoms with van der Waals surface area (Å²) >= 11 is 0. The number of hydrogen-bond donors (Lipinski definition) is 4. The first kappa shape index (κ1) is 14.5. The average Bonchev–Trinajstić information content (AvgIpc) is 2.11. The van der Waals surface area contributed by atoms with Gasteiger partial charge in [-0.2, -0.15) is 0 Å². The molecule has 0 aliphatic heterocycles. The molecule has 0 bridgehead atoms. The molecule has 16 heavy (non-hydrogen) atoms. The molecule has 0 aliphatic rings. The fourth-order valence-electron chi connectivity index (χ4n) is 0.912. The Morgan fingerprint density at radius 1 is 1.31 bits per heavy atom. The number of hydrogen-bond acceptors (Lipinski definition) is 3. The molecule has 94 valence electrons. The van der Waals surface area contributed by atoms with Gasteiger partial charge in [-0.1, -0.05) is 19.0 Å². The predicted octanol–water partition coefficient (Wildman–Crippen LogP) is 0.857. The van der Waals surface area contributed by atoms with Crippen LogP contribution in [0.3, 0.4) is 0 Å². The lowest BCUT2D eigenvalue weighted by atomic mass is 9.92. The first-order chi connectivity index (χ1) is 7.08. The molecule has 0 fully saturated rings. The molecule has 0 aromatic heterocycles. The van der Waals surface area contributed by atoms with Crippen molar-refractivity contribution in [3.05, 3.63) is 0 Å². The van der Waals surface area contributed by atoms with E-state index in [-0.39, 0.29) is 17.4 Å². The quantitative estimate of drug-likeness (QED) is 0.250. The Morgan fingerprint density at radius 2 is 1.81 bits per heavy atom. The molecule has 0 atom stereocenters. The Bertz CT molecular complexity index is 279. The first-order valence-electron chi connectivity index (χ1n) is 5.12. The molecule has 0 aromatic rings. The van der Waals surface area contributed by atoms with Crippen LogP contribution in [0.25, 0.3) is 0 Å². The van der Waals surface area contributed by atoms with Crippen molar-refractivity contribution in [3.8, 4) is 0 Å². The van der Waals surface area contributed by atoms with Crippen molar-refractivity contribution >= 4 is 11.9 Å². The number of oxime groups is 1. The van der Waals surface area contributed by atoms with E-state index >= 15 is 0 Å². The molecular weight excluding hydrogens is 208 g/mol. The molecule has 2 amide bonds. The summed E-state index contributed by atoms with van der Waals surface area (Å²) in [6.07, 6.45) is 0. The fraction of sp³-hybridized carbons (Fsp3) is 0.800. The molecule has 0 heterocycles. The van der Waals surface area contributed by atoms with Gasteiger partial charge in [0.25, 0.3) is 0 Å². The second kappa shape index (κ2) is 5.05. The van der Waals surface area contributed by atoms with Crippen molar-refractivity contribution in [1.82, 2.24) is 10.6 Å². The number of nitrogens with zero attached hydrogens (tertiary/aromatic N) is 1. The van der Waals surface area contributed by atoms with Gasteiger partial charge in [0.15, 0.2) is 0 Å². The van der Waals surface area contributed by atoms with Gasteiger partial charge in [0.05, 0.1) is 0 Å². The third-order valence-electron chi connectivity index (χ3n) is 1.98. The number of carbonyl (C=O) groups excluding carboxylic acids is 1. The highest BCUT2D eigenvalue weighted by Crippen LogP contribution is 2.13. The Labute approximate surface area is 96.3 Å². The van der Waals surface area contributed by atoms with E-state index in [9.17, 15) is 4.79 Å². The molecule has 0 unspecified atom stereocenters. The van der Waals surface area contributed by atoms with Crippen molar-refractivity contribution in [3.63, 3.8) is 0 Å². The van der Waals surface area contributed by atoms with E-state index < -0.39 is 5.41 Å². The van der Waals surface area contributed by atoms with Crippen LogP contribution in [0.1, 0.15) is 34.6 Å². The third-order valence-corrected chi connectivity index (χ3v) is 1.98. The number of urea groups is 1. The van der Waals surface area contributed by atoms with E-state index in [2.05, 4.69) is 15.8 Å². The molecule has 0 spiro atoms. The number of rotatable bonds is 3. The number of amidine groups is 1. The van der Waals surface area contributed by atoms with Crippen LogP contribution in [-0.4, -0.2) is 29.2 Å². The Balaban J connectivity index is 4.21. The average molecular weight is 230 g/mol. The van der Waals surface area contributed by atoms with Crippen LogP contribution in [0.15, 0.2) is 5.16 Å². The highest BCUT2D eigenvalue weighted by Gasteiger charge is 2.25. The molecule has 0 rings (SSSR count). The topological polar surface area (TPSA) is 99.7 Å². The van der Waals surface area contributed by atoms with Crippen LogP contribution in [-0.2, 0) is 0 Å². The predicted molar refractivity (Wildman–Crippen MR) is 63.5 cm³/mol. The monoisotopic (exact) mass is 230 g/mol. The van der Waals surface area contributed by atoms with Gasteiger partial charge in [0.2, 0.25) is 0 Å². The lowest BCUT2D eigenvalue weighted by Gasteiger charge is -2.25. The van der Waals surface area contributed by atoms with Gasteiger partial charge in [-0.3, -0.25) is 0 Å². The van der Waals surface area contributed by atoms with E-state index in [1.165, 1.54) is 0 Å². The van der Waals surface area contributed by atoms with Crippen molar-refractivity contribution in [1.29, 1.82) is 0 Å². The fourth-order valence-corrected chi connectivity index (χ4v) is 0.912. The standard InChI is InChI=1S/C10H22N4O2/c1-9(2,3)13-8(15)12-6-10(4,5)7(11)14-16/h16H,6H2,1-5H3,(H2,11,14)(H2,12,13,15). The molecule has 0 aromatic carbocycles. The zero-order valence-electron chi connectivity index (χ0n) is 10.6. The number of amides is 2. The minimum Gasteiger partial charge on any atom is -0.409 e. The largest absolute Gasteiger partial charge is 0.409 e. The Morgan fingerprint density at radius 3 is 2.19 bits per heavy atom. The maximum absolute atomic E-state index is 11.5. The van der Waals surface area contributed by atoms with E-state index in [0.717, 1.165) is 0 Å². The van der Waals surface area contributed by atoms with Crippen LogP contribution in [0.5, 0.6) is 0 Å². The molecule has 6 heteroatoms. The zero-order valence-corrected chi connectivity index (χ0v) is 10.6. The van der Waals surface area contributed by atoms with Gasteiger partial charge in [-0.05, 0) is 20.8 Å². The van der Waals surface area contributed by atoms with E-state index in [1.807, 2.05) is 20.8 Å². The second-order valence-electron chi connectivity index (χ2n) is 5.43. The summed E-state index contributed by atoms with van der Waals surface area (Å²) in [6.45, 7) is 9.52. The maximum Gasteiger partial charge on any atom is 0.315 e. The zero-order chi connectivity index (χ0) is 13.0. The summed E-state index contributed by atoms with van der Waals surface area (Å²) in [4.78, 5) is 11.5. The van der Waals surface area contributed by atoms with Gasteiger partial charge in [0, 0.05) is 17.5 Å². The van der Waals surface area contributed by atoms with Crippen LogP contribution >= 0.6 is 0 Å². The third kappa shape index (κ3) is 5.43. The van der Waals surface area contributed by atoms with Gasteiger partial charge in [-0.25, -0.2) is 4.79 Å². The van der Waals surface area contributed by atoms with Crippen molar-refractivity contribution in [2.24, 2.45) is 16.3 Å². The SMILES string of the molecule is CC(C)(C)NC(=O)NCC(C)(C)C(N)=NO. The van der Waals surface area contributed by atoms with Crippen LogP contribution in [0, 0.1) is 5.41 Å². The van der Waals surface area contributed by atoms with E-state index in [4.69, 9.17) is 10.9 Å². The molecule has 6 nitrogen and oxygen atoms in total. The van der Waals surface area contributed by atoms with Crippen molar-refractivity contribution in [2.75, 3.05) is 6.54 Å².